The van der Waals surface area contributed by atoms with Gasteiger partial charge in [-0.25, -0.2) is 4.79 Å². The third kappa shape index (κ3) is 3.47. The molecule has 1 atom stereocenters. The number of ether oxygens (including phenoxy) is 3. The first-order valence-corrected chi connectivity index (χ1v) is 7.66. The molecule has 1 N–H and O–H groups in total. The van der Waals surface area contributed by atoms with Gasteiger partial charge in [-0.3, -0.25) is 0 Å². The highest BCUT2D eigenvalue weighted by molar-refractivity contribution is 5.90. The van der Waals surface area contributed by atoms with Crippen LogP contribution in [0.1, 0.15) is 36.5 Å². The first-order valence-electron chi connectivity index (χ1n) is 7.66. The van der Waals surface area contributed by atoms with Gasteiger partial charge >= 0.3 is 5.97 Å². The molecule has 21 heavy (non-hydrogen) atoms. The van der Waals surface area contributed by atoms with Crippen molar-refractivity contribution in [1.29, 1.82) is 0 Å². The zero-order chi connectivity index (χ0) is 14.7. The van der Waals surface area contributed by atoms with E-state index in [1.807, 2.05) is 6.92 Å². The molecule has 0 aromatic heterocycles. The molecule has 1 saturated heterocycles. The summed E-state index contributed by atoms with van der Waals surface area (Å²) in [6.07, 6.45) is 3.81. The molecule has 1 aromatic carbocycles. The molecule has 0 spiro atoms. The average Bonchev–Trinajstić information content (AvgIpc) is 2.95. The van der Waals surface area contributed by atoms with Crippen LogP contribution in [0.2, 0.25) is 0 Å². The summed E-state index contributed by atoms with van der Waals surface area (Å²) in [5, 5.41) is 0. The van der Waals surface area contributed by atoms with Crippen LogP contribution in [0.3, 0.4) is 0 Å². The van der Waals surface area contributed by atoms with Gasteiger partial charge in [-0.15, -0.1) is 0 Å². The molecule has 0 amide bonds. The van der Waals surface area contributed by atoms with Gasteiger partial charge in [0.1, 0.15) is 12.6 Å². The van der Waals surface area contributed by atoms with Crippen molar-refractivity contribution in [3.8, 4) is 11.5 Å². The molecule has 1 unspecified atom stereocenters. The van der Waals surface area contributed by atoms with Crippen molar-refractivity contribution in [2.75, 3.05) is 26.4 Å². The van der Waals surface area contributed by atoms with Gasteiger partial charge in [-0.2, -0.15) is 0 Å². The van der Waals surface area contributed by atoms with Gasteiger partial charge in [0.2, 0.25) is 6.79 Å². The van der Waals surface area contributed by atoms with Crippen molar-refractivity contribution in [3.05, 3.63) is 23.8 Å². The molecule has 5 heteroatoms. The van der Waals surface area contributed by atoms with Crippen LogP contribution in [0, 0.1) is 0 Å². The van der Waals surface area contributed by atoms with Gasteiger partial charge in [-0.05, 0) is 44.4 Å². The molecule has 2 aliphatic rings. The Morgan fingerprint density at radius 1 is 1.24 bits per heavy atom. The summed E-state index contributed by atoms with van der Waals surface area (Å²) in [4.78, 5) is 13.7. The van der Waals surface area contributed by atoms with Crippen molar-refractivity contribution in [1.82, 2.24) is 0 Å². The van der Waals surface area contributed by atoms with E-state index in [9.17, 15) is 4.79 Å². The highest BCUT2D eigenvalue weighted by atomic mass is 16.7. The standard InChI is InChI=1S/C16H21NO4/c1-12(10-17-7-3-2-4-8-17)21-16(18)13-5-6-14-15(9-13)20-11-19-14/h5-6,9,12H,2-4,7-8,10-11H2,1H3/p+1. The Morgan fingerprint density at radius 3 is 2.81 bits per heavy atom. The minimum Gasteiger partial charge on any atom is -0.454 e. The smallest absolute Gasteiger partial charge is 0.338 e. The largest absolute Gasteiger partial charge is 0.454 e. The molecule has 1 fully saturated rings. The fraction of sp³-hybridized carbons (Fsp3) is 0.562. The Bertz CT molecular complexity index is 511. The van der Waals surface area contributed by atoms with Crippen molar-refractivity contribution < 1.29 is 23.9 Å². The van der Waals surface area contributed by atoms with Gasteiger partial charge in [-0.1, -0.05) is 0 Å². The normalized spacial score (nSPS) is 19.3. The van der Waals surface area contributed by atoms with E-state index in [-0.39, 0.29) is 18.9 Å². The number of benzene rings is 1. The van der Waals surface area contributed by atoms with Gasteiger partial charge in [0.05, 0.1) is 18.7 Å². The number of carbonyl (C=O) groups excluding carboxylic acids is 1. The van der Waals surface area contributed by atoms with E-state index in [4.69, 9.17) is 14.2 Å². The zero-order valence-corrected chi connectivity index (χ0v) is 12.4. The number of hydrogen-bond acceptors (Lipinski definition) is 4. The van der Waals surface area contributed by atoms with Crippen molar-refractivity contribution in [3.63, 3.8) is 0 Å². The van der Waals surface area contributed by atoms with Crippen molar-refractivity contribution >= 4 is 5.97 Å². The zero-order valence-electron chi connectivity index (χ0n) is 12.4. The maximum atomic E-state index is 12.2. The Balaban J connectivity index is 1.55. The maximum Gasteiger partial charge on any atom is 0.338 e. The number of hydrogen-bond donors (Lipinski definition) is 1. The van der Waals surface area contributed by atoms with E-state index < -0.39 is 0 Å². The number of rotatable bonds is 4. The second-order valence-corrected chi connectivity index (χ2v) is 5.80. The lowest BCUT2D eigenvalue weighted by Gasteiger charge is -2.26. The lowest BCUT2D eigenvalue weighted by Crippen LogP contribution is -3.13. The summed E-state index contributed by atoms with van der Waals surface area (Å²) in [7, 11) is 0. The molecular weight excluding hydrogens is 270 g/mol. The second kappa shape index (κ2) is 6.35. The van der Waals surface area contributed by atoms with E-state index in [1.54, 1.807) is 18.2 Å². The van der Waals surface area contributed by atoms with E-state index in [0.717, 1.165) is 6.54 Å². The van der Waals surface area contributed by atoms with Crippen LogP contribution in [0.15, 0.2) is 18.2 Å². The topological polar surface area (TPSA) is 49.2 Å². The van der Waals surface area contributed by atoms with E-state index in [1.165, 1.54) is 37.3 Å². The van der Waals surface area contributed by atoms with Crippen LogP contribution in [0.5, 0.6) is 11.5 Å². The third-order valence-corrected chi connectivity index (χ3v) is 4.05. The number of likely N-dealkylation sites (tertiary alicyclic amines) is 1. The fourth-order valence-corrected chi connectivity index (χ4v) is 2.98. The molecule has 2 heterocycles. The molecule has 1 aromatic rings. The summed E-state index contributed by atoms with van der Waals surface area (Å²) in [5.41, 5.74) is 0.514. The molecule has 0 aliphatic carbocycles. The van der Waals surface area contributed by atoms with Crippen LogP contribution in [0.4, 0.5) is 0 Å². The minimum atomic E-state index is -0.294. The number of nitrogens with one attached hydrogen (secondary N) is 1. The van der Waals surface area contributed by atoms with Crippen LogP contribution in [0.25, 0.3) is 0 Å². The second-order valence-electron chi connectivity index (χ2n) is 5.80. The lowest BCUT2D eigenvalue weighted by molar-refractivity contribution is -0.907. The summed E-state index contributed by atoms with van der Waals surface area (Å²) in [6.45, 7) is 5.43. The number of piperidine rings is 1. The van der Waals surface area contributed by atoms with Crippen molar-refractivity contribution in [2.24, 2.45) is 0 Å². The number of carbonyl (C=O) groups is 1. The minimum absolute atomic E-state index is 0.0731. The molecule has 3 rings (SSSR count). The van der Waals surface area contributed by atoms with E-state index in [0.29, 0.717) is 17.1 Å². The SMILES string of the molecule is CC(C[NH+]1CCCCC1)OC(=O)c1ccc2c(c1)OCO2. The highest BCUT2D eigenvalue weighted by Gasteiger charge is 2.21. The predicted octanol–water partition coefficient (Wildman–Crippen LogP) is 1.03. The third-order valence-electron chi connectivity index (χ3n) is 4.05. The fourth-order valence-electron chi connectivity index (χ4n) is 2.98. The molecule has 0 bridgehead atoms. The first kappa shape index (κ1) is 14.2. The molecular formula is C16H22NO4+. The number of fused-ring (bicyclic) bond motifs is 1. The van der Waals surface area contributed by atoms with Gasteiger partial charge < -0.3 is 19.1 Å². The Hall–Kier alpha value is -1.75. The van der Waals surface area contributed by atoms with Crippen molar-refractivity contribution in [2.45, 2.75) is 32.3 Å². The van der Waals surface area contributed by atoms with Gasteiger partial charge in [0.15, 0.2) is 11.5 Å². The first-order chi connectivity index (χ1) is 10.2. The molecule has 2 aliphatic heterocycles. The van der Waals surface area contributed by atoms with Crippen LogP contribution >= 0.6 is 0 Å². The molecule has 5 nitrogen and oxygen atoms in total. The highest BCUT2D eigenvalue weighted by Crippen LogP contribution is 2.32. The quantitative estimate of drug-likeness (QED) is 0.842. The monoisotopic (exact) mass is 292 g/mol. The summed E-state index contributed by atoms with van der Waals surface area (Å²) in [6, 6.07) is 5.15. The summed E-state index contributed by atoms with van der Waals surface area (Å²) < 4.78 is 16.1. The average molecular weight is 292 g/mol. The van der Waals surface area contributed by atoms with E-state index >= 15 is 0 Å². The predicted molar refractivity (Wildman–Crippen MR) is 76.9 cm³/mol. The number of esters is 1. The molecule has 0 radical (unpaired) electrons. The Kier molecular flexibility index (Phi) is 4.29. The summed E-state index contributed by atoms with van der Waals surface area (Å²) >= 11 is 0. The van der Waals surface area contributed by atoms with Crippen LogP contribution in [-0.2, 0) is 4.74 Å². The van der Waals surface area contributed by atoms with Gasteiger partial charge in [0, 0.05) is 0 Å². The van der Waals surface area contributed by atoms with Gasteiger partial charge in [0.25, 0.3) is 0 Å². The number of quaternary nitrogens is 1. The molecule has 114 valence electrons. The Labute approximate surface area is 124 Å². The van der Waals surface area contributed by atoms with Crippen LogP contribution in [-0.4, -0.2) is 38.5 Å². The summed E-state index contributed by atoms with van der Waals surface area (Å²) in [5.74, 6) is 0.994. The maximum absolute atomic E-state index is 12.2. The Morgan fingerprint density at radius 2 is 2.00 bits per heavy atom. The van der Waals surface area contributed by atoms with Crippen LogP contribution < -0.4 is 14.4 Å². The molecule has 0 saturated carbocycles. The lowest BCUT2D eigenvalue weighted by atomic mass is 10.1. The van der Waals surface area contributed by atoms with E-state index in [2.05, 4.69) is 0 Å².